The maximum Gasteiger partial charge on any atom is 0.322 e. The number of carboxylic acid groups (broad SMARTS) is 1. The SMILES string of the molecule is CC1(C(=O)O)C=NC=CC1=O. The molecule has 0 aromatic rings. The fourth-order valence-electron chi connectivity index (χ4n) is 0.700. The summed E-state index contributed by atoms with van der Waals surface area (Å²) in [5.74, 6) is -1.62. The standard InChI is InChI=1S/C7H7NO3/c1-7(6(10)11)4-8-3-2-5(7)9/h2-4H,1H3,(H,10,11). The van der Waals surface area contributed by atoms with Crippen molar-refractivity contribution in [3.05, 3.63) is 12.3 Å². The molecule has 0 amide bonds. The molecule has 0 aliphatic carbocycles. The number of aliphatic imine (C=N–C) groups is 1. The second-order valence-electron chi connectivity index (χ2n) is 2.47. The smallest absolute Gasteiger partial charge is 0.322 e. The summed E-state index contributed by atoms with van der Waals surface area (Å²) in [6.07, 6.45) is 3.58. The maximum absolute atomic E-state index is 11.0. The molecule has 1 heterocycles. The van der Waals surface area contributed by atoms with E-state index in [1.807, 2.05) is 0 Å². The van der Waals surface area contributed by atoms with Crippen molar-refractivity contribution in [3.63, 3.8) is 0 Å². The van der Waals surface area contributed by atoms with Gasteiger partial charge < -0.3 is 5.11 Å². The molecule has 1 aliphatic heterocycles. The van der Waals surface area contributed by atoms with Crippen LogP contribution in [0.3, 0.4) is 0 Å². The lowest BCUT2D eigenvalue weighted by atomic mass is 9.86. The third-order valence-corrected chi connectivity index (χ3v) is 1.60. The molecule has 0 saturated heterocycles. The van der Waals surface area contributed by atoms with E-state index in [0.29, 0.717) is 0 Å². The fourth-order valence-corrected chi connectivity index (χ4v) is 0.700. The summed E-state index contributed by atoms with van der Waals surface area (Å²) < 4.78 is 0. The van der Waals surface area contributed by atoms with Crippen LogP contribution < -0.4 is 0 Å². The van der Waals surface area contributed by atoms with Crippen LogP contribution in [0.15, 0.2) is 17.3 Å². The van der Waals surface area contributed by atoms with Crippen LogP contribution in [0, 0.1) is 5.41 Å². The van der Waals surface area contributed by atoms with Crippen molar-refractivity contribution in [1.29, 1.82) is 0 Å². The first-order valence-electron chi connectivity index (χ1n) is 3.06. The molecule has 0 radical (unpaired) electrons. The predicted molar refractivity (Wildman–Crippen MR) is 38.4 cm³/mol. The average Bonchev–Trinajstić information content (AvgIpc) is 1.95. The van der Waals surface area contributed by atoms with Crippen LogP contribution in [-0.4, -0.2) is 23.1 Å². The minimum Gasteiger partial charge on any atom is -0.480 e. The normalized spacial score (nSPS) is 29.0. The maximum atomic E-state index is 11.0. The van der Waals surface area contributed by atoms with Crippen LogP contribution in [-0.2, 0) is 9.59 Å². The highest BCUT2D eigenvalue weighted by Gasteiger charge is 2.39. The van der Waals surface area contributed by atoms with Gasteiger partial charge >= 0.3 is 5.97 Å². The van der Waals surface area contributed by atoms with Gasteiger partial charge in [-0.25, -0.2) is 0 Å². The summed E-state index contributed by atoms with van der Waals surface area (Å²) in [7, 11) is 0. The van der Waals surface area contributed by atoms with Crippen molar-refractivity contribution < 1.29 is 14.7 Å². The molecule has 1 rings (SSSR count). The highest BCUT2D eigenvalue weighted by molar-refractivity contribution is 6.21. The molecule has 0 saturated carbocycles. The Hall–Kier alpha value is -1.45. The number of allylic oxidation sites excluding steroid dienone is 1. The zero-order valence-electron chi connectivity index (χ0n) is 5.94. The van der Waals surface area contributed by atoms with Crippen molar-refractivity contribution in [2.75, 3.05) is 0 Å². The van der Waals surface area contributed by atoms with Crippen molar-refractivity contribution in [3.8, 4) is 0 Å². The van der Waals surface area contributed by atoms with Gasteiger partial charge in [0.1, 0.15) is 0 Å². The van der Waals surface area contributed by atoms with Gasteiger partial charge in [0.15, 0.2) is 11.2 Å². The van der Waals surface area contributed by atoms with E-state index in [9.17, 15) is 9.59 Å². The number of ketones is 1. The molecular weight excluding hydrogens is 146 g/mol. The molecule has 1 aliphatic rings. The van der Waals surface area contributed by atoms with Crippen LogP contribution in [0.25, 0.3) is 0 Å². The van der Waals surface area contributed by atoms with Gasteiger partial charge in [-0.3, -0.25) is 14.6 Å². The highest BCUT2D eigenvalue weighted by atomic mass is 16.4. The topological polar surface area (TPSA) is 66.7 Å². The lowest BCUT2D eigenvalue weighted by Gasteiger charge is -2.17. The van der Waals surface area contributed by atoms with E-state index in [4.69, 9.17) is 5.11 Å². The van der Waals surface area contributed by atoms with E-state index in [1.54, 1.807) is 0 Å². The molecule has 1 unspecified atom stereocenters. The molecule has 0 aromatic carbocycles. The molecule has 1 N–H and O–H groups in total. The Balaban J connectivity index is 3.04. The monoisotopic (exact) mass is 153 g/mol. The second-order valence-corrected chi connectivity index (χ2v) is 2.47. The number of hydrogen-bond acceptors (Lipinski definition) is 3. The molecule has 0 spiro atoms. The lowest BCUT2D eigenvalue weighted by Crippen LogP contribution is -2.38. The molecule has 0 aromatic heterocycles. The molecule has 58 valence electrons. The Morgan fingerprint density at radius 3 is 2.73 bits per heavy atom. The third kappa shape index (κ3) is 1.07. The number of carboxylic acids is 1. The van der Waals surface area contributed by atoms with Crippen LogP contribution >= 0.6 is 0 Å². The summed E-state index contributed by atoms with van der Waals surface area (Å²) in [6.45, 7) is 1.32. The quantitative estimate of drug-likeness (QED) is 0.549. The van der Waals surface area contributed by atoms with E-state index < -0.39 is 17.2 Å². The van der Waals surface area contributed by atoms with E-state index in [0.717, 1.165) is 12.3 Å². The zero-order chi connectivity index (χ0) is 8.48. The molecule has 11 heavy (non-hydrogen) atoms. The fraction of sp³-hybridized carbons (Fsp3) is 0.286. The summed E-state index contributed by atoms with van der Waals surface area (Å²) in [5, 5.41) is 8.62. The van der Waals surface area contributed by atoms with Crippen LogP contribution in [0.5, 0.6) is 0 Å². The lowest BCUT2D eigenvalue weighted by molar-refractivity contribution is -0.147. The van der Waals surface area contributed by atoms with E-state index >= 15 is 0 Å². The van der Waals surface area contributed by atoms with Gasteiger partial charge in [-0.1, -0.05) is 0 Å². The minimum atomic E-state index is -1.46. The van der Waals surface area contributed by atoms with E-state index in [-0.39, 0.29) is 0 Å². The summed E-state index contributed by atoms with van der Waals surface area (Å²) in [6, 6.07) is 0. The Morgan fingerprint density at radius 2 is 2.36 bits per heavy atom. The molecule has 0 bridgehead atoms. The first kappa shape index (κ1) is 7.65. The molecule has 0 fully saturated rings. The van der Waals surface area contributed by atoms with Crippen LogP contribution in [0.4, 0.5) is 0 Å². The predicted octanol–water partition coefficient (Wildman–Crippen LogP) is 0.244. The van der Waals surface area contributed by atoms with Gasteiger partial charge in [0, 0.05) is 18.5 Å². The Labute approximate surface area is 63.2 Å². The van der Waals surface area contributed by atoms with Gasteiger partial charge in [-0.15, -0.1) is 0 Å². The van der Waals surface area contributed by atoms with E-state index in [1.165, 1.54) is 13.1 Å². The number of rotatable bonds is 1. The molecular formula is C7H7NO3. The van der Waals surface area contributed by atoms with Gasteiger partial charge in [0.05, 0.1) is 0 Å². The van der Waals surface area contributed by atoms with Crippen molar-refractivity contribution in [1.82, 2.24) is 0 Å². The van der Waals surface area contributed by atoms with E-state index in [2.05, 4.69) is 4.99 Å². The average molecular weight is 153 g/mol. The minimum absolute atomic E-state index is 0.444. The molecule has 4 heteroatoms. The summed E-state index contributed by atoms with van der Waals surface area (Å²) >= 11 is 0. The highest BCUT2D eigenvalue weighted by Crippen LogP contribution is 2.18. The van der Waals surface area contributed by atoms with Crippen LogP contribution in [0.1, 0.15) is 6.92 Å². The van der Waals surface area contributed by atoms with Crippen molar-refractivity contribution in [2.24, 2.45) is 10.4 Å². The third-order valence-electron chi connectivity index (χ3n) is 1.60. The van der Waals surface area contributed by atoms with Gasteiger partial charge in [0.2, 0.25) is 0 Å². The number of nitrogens with zero attached hydrogens (tertiary/aromatic N) is 1. The largest absolute Gasteiger partial charge is 0.480 e. The van der Waals surface area contributed by atoms with Gasteiger partial charge in [-0.2, -0.15) is 0 Å². The Bertz CT molecular complexity index is 267. The first-order chi connectivity index (χ1) is 5.07. The molecule has 1 atom stereocenters. The van der Waals surface area contributed by atoms with Crippen LogP contribution in [0.2, 0.25) is 0 Å². The van der Waals surface area contributed by atoms with Crippen molar-refractivity contribution >= 4 is 18.0 Å². The van der Waals surface area contributed by atoms with Gasteiger partial charge in [-0.05, 0) is 6.92 Å². The first-order valence-corrected chi connectivity index (χ1v) is 3.06. The van der Waals surface area contributed by atoms with Gasteiger partial charge in [0.25, 0.3) is 0 Å². The number of carbonyl (C=O) groups excluding carboxylic acids is 1. The number of carbonyl (C=O) groups is 2. The number of hydrogen-bond donors (Lipinski definition) is 1. The Kier molecular flexibility index (Phi) is 1.60. The van der Waals surface area contributed by atoms with Crippen molar-refractivity contribution in [2.45, 2.75) is 6.92 Å². The Morgan fingerprint density at radius 1 is 1.73 bits per heavy atom. The summed E-state index contributed by atoms with van der Waals surface area (Å²) in [4.78, 5) is 25.1. The second kappa shape index (κ2) is 2.30. The summed E-state index contributed by atoms with van der Waals surface area (Å²) in [5.41, 5.74) is -1.46. The zero-order valence-corrected chi connectivity index (χ0v) is 5.94. The molecule has 4 nitrogen and oxygen atoms in total. The number of aliphatic carboxylic acids is 1.